The van der Waals surface area contributed by atoms with Gasteiger partial charge in [0, 0.05) is 11.8 Å². The third-order valence-corrected chi connectivity index (χ3v) is 2.59. The lowest BCUT2D eigenvalue weighted by Gasteiger charge is -2.20. The number of alkyl halides is 3. The lowest BCUT2D eigenvalue weighted by Crippen LogP contribution is -2.39. The quantitative estimate of drug-likeness (QED) is 0.798. The molecule has 22 heavy (non-hydrogen) atoms. The number of hydrogen-bond donors (Lipinski definition) is 3. The molecule has 1 aromatic carbocycles. The van der Waals surface area contributed by atoms with Crippen LogP contribution in [-0.2, 0) is 11.2 Å². The molecule has 0 bridgehead atoms. The monoisotopic (exact) mass is 320 g/mol. The van der Waals surface area contributed by atoms with Crippen LogP contribution < -0.4 is 11.1 Å². The highest BCUT2D eigenvalue weighted by Gasteiger charge is 2.36. The highest BCUT2D eigenvalue weighted by Crippen LogP contribution is 2.27. The Bertz CT molecular complexity index is 539. The first kappa shape index (κ1) is 18.1. The number of carbonyl (C=O) groups excluding carboxylic acids is 1. The van der Waals surface area contributed by atoms with E-state index in [1.165, 1.54) is 12.1 Å². The van der Waals surface area contributed by atoms with Crippen LogP contribution in [0.1, 0.15) is 26.3 Å². The Hall–Kier alpha value is -1.96. The van der Waals surface area contributed by atoms with Crippen LogP contribution in [0.3, 0.4) is 0 Å². The fourth-order valence-corrected chi connectivity index (χ4v) is 1.59. The minimum atomic E-state index is -4.54. The molecule has 0 saturated heterocycles. The Kier molecular flexibility index (Phi) is 5.29. The van der Waals surface area contributed by atoms with Crippen LogP contribution in [0, 0.1) is 0 Å². The van der Waals surface area contributed by atoms with Crippen LogP contribution in [0.4, 0.5) is 23.7 Å². The lowest BCUT2D eigenvalue weighted by atomic mass is 10.0. The van der Waals surface area contributed by atoms with Gasteiger partial charge >= 0.3 is 12.3 Å². The van der Waals surface area contributed by atoms with E-state index in [2.05, 4.69) is 5.32 Å². The van der Waals surface area contributed by atoms with Gasteiger partial charge in [0.1, 0.15) is 17.4 Å². The van der Waals surface area contributed by atoms with E-state index in [4.69, 9.17) is 10.5 Å². The van der Waals surface area contributed by atoms with Gasteiger partial charge < -0.3 is 15.6 Å². The van der Waals surface area contributed by atoms with Gasteiger partial charge in [-0.25, -0.2) is 4.79 Å². The Morgan fingerprint density at radius 2 is 1.95 bits per heavy atom. The molecule has 0 aliphatic rings. The second kappa shape index (κ2) is 6.43. The van der Waals surface area contributed by atoms with Gasteiger partial charge in [-0.2, -0.15) is 13.2 Å². The molecule has 0 spiro atoms. The maximum Gasteiger partial charge on any atom is 0.412 e. The van der Waals surface area contributed by atoms with Crippen molar-refractivity contribution in [3.05, 3.63) is 23.8 Å². The molecule has 8 heteroatoms. The molecule has 0 fully saturated rings. The van der Waals surface area contributed by atoms with E-state index in [0.29, 0.717) is 0 Å². The van der Waals surface area contributed by atoms with Crippen molar-refractivity contribution in [1.29, 1.82) is 0 Å². The molecular weight excluding hydrogens is 301 g/mol. The summed E-state index contributed by atoms with van der Waals surface area (Å²) >= 11 is 0. The van der Waals surface area contributed by atoms with Crippen molar-refractivity contribution in [1.82, 2.24) is 0 Å². The second-order valence-electron chi connectivity index (χ2n) is 5.82. The number of phenolic OH excluding ortho intramolecular Hbond substituents is 1. The molecule has 0 aliphatic heterocycles. The van der Waals surface area contributed by atoms with E-state index in [1.54, 1.807) is 20.8 Å². The number of aromatic hydroxyl groups is 1. The van der Waals surface area contributed by atoms with Crippen LogP contribution in [0.15, 0.2) is 18.2 Å². The van der Waals surface area contributed by atoms with Crippen molar-refractivity contribution >= 4 is 11.8 Å². The first-order valence-corrected chi connectivity index (χ1v) is 6.52. The number of nitrogens with two attached hydrogens (primary N) is 1. The summed E-state index contributed by atoms with van der Waals surface area (Å²) in [5.41, 5.74) is 4.57. The molecule has 5 nitrogen and oxygen atoms in total. The molecule has 1 rings (SSSR count). The van der Waals surface area contributed by atoms with Crippen molar-refractivity contribution < 1.29 is 27.8 Å². The summed E-state index contributed by atoms with van der Waals surface area (Å²) < 4.78 is 42.2. The average Bonchev–Trinajstić information content (AvgIpc) is 2.28. The minimum absolute atomic E-state index is 0.0413. The van der Waals surface area contributed by atoms with Gasteiger partial charge in [-0.15, -0.1) is 0 Å². The summed E-state index contributed by atoms with van der Waals surface area (Å²) in [6.07, 6.45) is -5.83. The molecule has 124 valence electrons. The molecule has 0 radical (unpaired) electrons. The van der Waals surface area contributed by atoms with Crippen LogP contribution in [-0.4, -0.2) is 29.0 Å². The van der Waals surface area contributed by atoms with Crippen molar-refractivity contribution in [2.24, 2.45) is 5.73 Å². The Morgan fingerprint density at radius 3 is 2.41 bits per heavy atom. The second-order valence-corrected chi connectivity index (χ2v) is 5.82. The molecule has 0 aliphatic carbocycles. The molecule has 1 aromatic rings. The van der Waals surface area contributed by atoms with E-state index in [1.807, 2.05) is 0 Å². The molecule has 0 saturated carbocycles. The van der Waals surface area contributed by atoms with Gasteiger partial charge in [-0.05, 0) is 38.8 Å². The topological polar surface area (TPSA) is 84.6 Å². The number of nitrogens with one attached hydrogen (secondary N) is 1. The van der Waals surface area contributed by atoms with Crippen LogP contribution >= 0.6 is 0 Å². The first-order chi connectivity index (χ1) is 9.88. The highest BCUT2D eigenvalue weighted by atomic mass is 19.4. The number of halogens is 3. The Morgan fingerprint density at radius 1 is 1.36 bits per heavy atom. The number of ether oxygens (including phenoxy) is 1. The largest absolute Gasteiger partial charge is 0.508 e. The average molecular weight is 320 g/mol. The van der Waals surface area contributed by atoms with E-state index in [-0.39, 0.29) is 17.0 Å². The third kappa shape index (κ3) is 5.80. The van der Waals surface area contributed by atoms with Gasteiger partial charge in [0.15, 0.2) is 0 Å². The van der Waals surface area contributed by atoms with E-state index < -0.39 is 30.3 Å². The molecule has 0 heterocycles. The van der Waals surface area contributed by atoms with Gasteiger partial charge in [0.2, 0.25) is 0 Å². The summed E-state index contributed by atoms with van der Waals surface area (Å²) in [5.74, 6) is -0.381. The van der Waals surface area contributed by atoms with Crippen LogP contribution in [0.2, 0.25) is 0 Å². The summed E-state index contributed by atoms with van der Waals surface area (Å²) in [7, 11) is 0. The summed E-state index contributed by atoms with van der Waals surface area (Å²) in [5, 5.41) is 12.1. The van der Waals surface area contributed by atoms with Gasteiger partial charge in [0.25, 0.3) is 0 Å². The SMILES string of the molecule is CC(C)(C)OC(=O)Nc1ccc(CC(N)C(F)(F)F)c(O)c1. The predicted octanol–water partition coefficient (Wildman–Crippen LogP) is 3.17. The molecule has 1 unspecified atom stereocenters. The van der Waals surface area contributed by atoms with Crippen molar-refractivity contribution in [3.63, 3.8) is 0 Å². The third-order valence-electron chi connectivity index (χ3n) is 2.59. The number of benzene rings is 1. The molecule has 4 N–H and O–H groups in total. The number of amides is 1. The van der Waals surface area contributed by atoms with E-state index in [0.717, 1.165) is 6.07 Å². The zero-order chi connectivity index (χ0) is 17.1. The molecule has 1 amide bonds. The van der Waals surface area contributed by atoms with Gasteiger partial charge in [-0.1, -0.05) is 6.07 Å². The Labute approximate surface area is 126 Å². The fraction of sp³-hybridized carbons (Fsp3) is 0.500. The van der Waals surface area contributed by atoms with Crippen molar-refractivity contribution in [2.75, 3.05) is 5.32 Å². The van der Waals surface area contributed by atoms with Crippen molar-refractivity contribution in [2.45, 2.75) is 45.0 Å². The zero-order valence-electron chi connectivity index (χ0n) is 12.5. The maximum atomic E-state index is 12.4. The number of carbonyl (C=O) groups is 1. The standard InChI is InChI=1S/C14H19F3N2O3/c1-13(2,3)22-12(21)19-9-5-4-8(10(20)7-9)6-11(18)14(15,16)17/h4-5,7,11,20H,6,18H2,1-3H3,(H,19,21). The van der Waals surface area contributed by atoms with Crippen molar-refractivity contribution in [3.8, 4) is 5.75 Å². The fourth-order valence-electron chi connectivity index (χ4n) is 1.59. The zero-order valence-corrected chi connectivity index (χ0v) is 12.5. The van der Waals surface area contributed by atoms with E-state index in [9.17, 15) is 23.1 Å². The highest BCUT2D eigenvalue weighted by molar-refractivity contribution is 5.85. The normalized spacial score (nSPS) is 13.6. The number of anilines is 1. The summed E-state index contributed by atoms with van der Waals surface area (Å²) in [6.45, 7) is 5.06. The smallest absolute Gasteiger partial charge is 0.412 e. The number of hydrogen-bond acceptors (Lipinski definition) is 4. The summed E-state index contributed by atoms with van der Waals surface area (Å²) in [6, 6.07) is 1.71. The maximum absolute atomic E-state index is 12.4. The molecule has 1 atom stereocenters. The first-order valence-electron chi connectivity index (χ1n) is 6.52. The Balaban J connectivity index is 2.76. The molecule has 0 aromatic heterocycles. The van der Waals surface area contributed by atoms with Gasteiger partial charge in [-0.3, -0.25) is 5.32 Å². The number of rotatable bonds is 3. The van der Waals surface area contributed by atoms with Gasteiger partial charge in [0.05, 0.1) is 0 Å². The minimum Gasteiger partial charge on any atom is -0.508 e. The summed E-state index contributed by atoms with van der Waals surface area (Å²) in [4.78, 5) is 11.5. The van der Waals surface area contributed by atoms with E-state index >= 15 is 0 Å². The lowest BCUT2D eigenvalue weighted by molar-refractivity contribution is -0.147. The van der Waals surface area contributed by atoms with Crippen LogP contribution in [0.25, 0.3) is 0 Å². The molecular formula is C14H19F3N2O3. The number of phenols is 1. The predicted molar refractivity (Wildman–Crippen MR) is 75.7 cm³/mol. The van der Waals surface area contributed by atoms with Crippen LogP contribution in [0.5, 0.6) is 5.75 Å².